The van der Waals surface area contributed by atoms with E-state index in [2.05, 4.69) is 86.2 Å². The normalized spacial score (nSPS) is 14.6. The number of unbranched alkanes of at least 4 members (excludes halogenated alkanes) is 4. The molecule has 1 saturated heterocycles. The molecular weight excluding hydrogens is 641 g/mol. The van der Waals surface area contributed by atoms with Crippen molar-refractivity contribution in [3.8, 4) is 0 Å². The largest absolute Gasteiger partial charge is 0.370 e. The molecule has 10 nitrogen and oxygen atoms in total. The van der Waals surface area contributed by atoms with Crippen molar-refractivity contribution >= 4 is 51.9 Å². The summed E-state index contributed by atoms with van der Waals surface area (Å²) < 4.78 is 0. The number of nitrogens with two attached hydrogens (primary N) is 2. The highest BCUT2D eigenvalue weighted by Crippen LogP contribution is 2.38. The zero-order chi connectivity index (χ0) is 33.6. The predicted molar refractivity (Wildman–Crippen MR) is 201 cm³/mol. The molecule has 12 heteroatoms. The summed E-state index contributed by atoms with van der Waals surface area (Å²) >= 11 is 3.08. The summed E-state index contributed by atoms with van der Waals surface area (Å²) in [6.45, 7) is 4.69. The van der Waals surface area contributed by atoms with Crippen molar-refractivity contribution in [1.29, 1.82) is 0 Å². The third kappa shape index (κ3) is 10.7. The Bertz CT molecular complexity index is 1580. The summed E-state index contributed by atoms with van der Waals surface area (Å²) in [4.78, 5) is 21.6. The molecule has 254 valence electrons. The first kappa shape index (κ1) is 35.2. The van der Waals surface area contributed by atoms with Gasteiger partial charge in [0.05, 0.1) is 10.6 Å². The highest BCUT2D eigenvalue weighted by Gasteiger charge is 2.22. The van der Waals surface area contributed by atoms with Crippen LogP contribution in [0.4, 0.5) is 5.13 Å². The average Bonchev–Trinajstić information content (AvgIpc) is 3.44. The minimum absolute atomic E-state index is 0.00654. The maximum atomic E-state index is 11.1. The number of aromatic nitrogens is 1. The molecule has 0 amide bonds. The molecule has 0 atom stereocenters. The van der Waals surface area contributed by atoms with Gasteiger partial charge in [0.2, 0.25) is 5.13 Å². The van der Waals surface area contributed by atoms with Crippen LogP contribution >= 0.6 is 23.1 Å². The minimum atomic E-state index is -0.422. The standard InChI is InChI=1S/C36H46N8O2S2/c37-35(38)42-36-41-30(26-48-36)25-47-23-19-40-33(24-44(45)46)39-18-8-2-1-3-9-20-43-21-16-29(17-22-43)34-31-12-6-4-10-27(31)14-15-28-11-5-7-13-32(28)34/h4-7,10-15,24,26,39-40H,1-3,8-9,16-23,25H2,(H4,37,38,41,42)/b33-24-. The van der Waals surface area contributed by atoms with Gasteiger partial charge in [0, 0.05) is 43.1 Å². The molecule has 5 rings (SSSR count). The second kappa shape index (κ2) is 18.4. The SMILES string of the molecule is NC(N)=Nc1nc(CSCCN/C(=C\[N+](=O)[O-])NCCCCCCCN2CCC(=C3c4ccccc4C=Cc4ccccc43)CC2)cs1. The van der Waals surface area contributed by atoms with E-state index in [9.17, 15) is 10.1 Å². The van der Waals surface area contributed by atoms with Crippen LogP contribution < -0.4 is 22.1 Å². The summed E-state index contributed by atoms with van der Waals surface area (Å²) in [6.07, 6.45) is 13.4. The lowest BCUT2D eigenvalue weighted by Gasteiger charge is -2.30. The number of benzene rings is 2. The Kier molecular flexibility index (Phi) is 13.5. The number of rotatable bonds is 17. The smallest absolute Gasteiger partial charge is 0.274 e. The molecule has 0 spiro atoms. The second-order valence-electron chi connectivity index (χ2n) is 12.0. The van der Waals surface area contributed by atoms with Crippen LogP contribution in [0.25, 0.3) is 17.7 Å². The first-order valence-corrected chi connectivity index (χ1v) is 18.8. The number of fused-ring (bicyclic) bond motifs is 2. The number of hydrogen-bond donors (Lipinski definition) is 4. The molecule has 0 unspecified atom stereocenters. The van der Waals surface area contributed by atoms with E-state index in [1.807, 2.05) is 5.38 Å². The number of nitro groups is 1. The second-order valence-corrected chi connectivity index (χ2v) is 13.9. The molecule has 2 aliphatic rings. The van der Waals surface area contributed by atoms with Crippen molar-refractivity contribution < 1.29 is 4.92 Å². The predicted octanol–water partition coefficient (Wildman–Crippen LogP) is 6.57. The Balaban J connectivity index is 0.956. The Morgan fingerprint density at radius 1 is 0.958 bits per heavy atom. The monoisotopic (exact) mass is 686 g/mol. The Morgan fingerprint density at radius 3 is 2.29 bits per heavy atom. The van der Waals surface area contributed by atoms with E-state index >= 15 is 0 Å². The molecule has 3 aromatic rings. The van der Waals surface area contributed by atoms with Gasteiger partial charge in [-0.2, -0.15) is 16.8 Å². The summed E-state index contributed by atoms with van der Waals surface area (Å²) in [5.74, 6) is 1.95. The zero-order valence-corrected chi connectivity index (χ0v) is 29.0. The summed E-state index contributed by atoms with van der Waals surface area (Å²) in [7, 11) is 0. The molecule has 0 saturated carbocycles. The summed E-state index contributed by atoms with van der Waals surface area (Å²) in [6, 6.07) is 17.6. The molecule has 0 bridgehead atoms. The molecule has 1 aromatic heterocycles. The van der Waals surface area contributed by atoms with Crippen molar-refractivity contribution in [2.24, 2.45) is 16.5 Å². The number of likely N-dealkylation sites (tertiary alicyclic amines) is 1. The number of thioether (sulfide) groups is 1. The van der Waals surface area contributed by atoms with Crippen LogP contribution in [0.3, 0.4) is 0 Å². The highest BCUT2D eigenvalue weighted by atomic mass is 32.2. The maximum absolute atomic E-state index is 11.1. The van der Waals surface area contributed by atoms with Gasteiger partial charge in [-0.15, -0.1) is 11.3 Å². The number of hydrogen-bond acceptors (Lipinski definition) is 9. The lowest BCUT2D eigenvalue weighted by molar-refractivity contribution is -0.404. The van der Waals surface area contributed by atoms with Crippen LogP contribution in [0, 0.1) is 10.1 Å². The van der Waals surface area contributed by atoms with Gasteiger partial charge < -0.3 is 27.0 Å². The Hall–Kier alpha value is -4.13. The van der Waals surface area contributed by atoms with E-state index in [-0.39, 0.29) is 5.96 Å². The summed E-state index contributed by atoms with van der Waals surface area (Å²) in [5.41, 5.74) is 20.0. The van der Waals surface area contributed by atoms with Crippen LogP contribution in [0.15, 0.2) is 76.5 Å². The summed E-state index contributed by atoms with van der Waals surface area (Å²) in [5, 5.41) is 19.9. The average molecular weight is 687 g/mol. The van der Waals surface area contributed by atoms with Gasteiger partial charge in [0.1, 0.15) is 0 Å². The first-order chi connectivity index (χ1) is 23.5. The number of piperidine rings is 1. The van der Waals surface area contributed by atoms with Crippen LogP contribution in [-0.2, 0) is 5.75 Å². The van der Waals surface area contributed by atoms with Gasteiger partial charge >= 0.3 is 0 Å². The Labute approximate surface area is 291 Å². The molecule has 1 fully saturated rings. The van der Waals surface area contributed by atoms with Gasteiger partial charge in [-0.1, -0.05) is 85.5 Å². The van der Waals surface area contributed by atoms with Crippen LogP contribution in [0.5, 0.6) is 0 Å². The van der Waals surface area contributed by atoms with Crippen LogP contribution in [-0.4, -0.2) is 59.2 Å². The quantitative estimate of drug-likeness (QED) is 0.0318. The Morgan fingerprint density at radius 2 is 1.60 bits per heavy atom. The number of nitrogens with one attached hydrogen (secondary N) is 2. The molecule has 0 radical (unpaired) electrons. The van der Waals surface area contributed by atoms with E-state index in [1.54, 1.807) is 17.3 Å². The molecule has 1 aliphatic carbocycles. The maximum Gasteiger partial charge on any atom is 0.274 e. The van der Waals surface area contributed by atoms with E-state index in [0.717, 1.165) is 68.7 Å². The first-order valence-electron chi connectivity index (χ1n) is 16.7. The molecular formula is C36H46N8O2S2. The number of aliphatic imine (C=N–C) groups is 1. The van der Waals surface area contributed by atoms with E-state index in [4.69, 9.17) is 11.5 Å². The van der Waals surface area contributed by atoms with Gasteiger partial charge in [-0.25, -0.2) is 4.98 Å². The lowest BCUT2D eigenvalue weighted by atomic mass is 9.86. The van der Waals surface area contributed by atoms with Crippen molar-refractivity contribution in [2.45, 2.75) is 50.7 Å². The van der Waals surface area contributed by atoms with E-state index < -0.39 is 4.92 Å². The fraction of sp³-hybridized carbons (Fsp3) is 0.389. The molecule has 2 heterocycles. The molecule has 2 aromatic carbocycles. The lowest BCUT2D eigenvalue weighted by Crippen LogP contribution is -2.32. The highest BCUT2D eigenvalue weighted by molar-refractivity contribution is 7.98. The van der Waals surface area contributed by atoms with Gasteiger partial charge in [0.15, 0.2) is 11.8 Å². The van der Waals surface area contributed by atoms with E-state index in [1.165, 1.54) is 58.4 Å². The number of nitrogens with zero attached hydrogens (tertiary/aromatic N) is 4. The number of guanidine groups is 1. The van der Waals surface area contributed by atoms with Crippen LogP contribution in [0.1, 0.15) is 72.9 Å². The third-order valence-electron chi connectivity index (χ3n) is 8.49. The van der Waals surface area contributed by atoms with Gasteiger partial charge in [0.25, 0.3) is 6.20 Å². The topological polar surface area (TPSA) is 148 Å². The van der Waals surface area contributed by atoms with Gasteiger partial charge in [-0.05, 0) is 60.1 Å². The fourth-order valence-corrected chi connectivity index (χ4v) is 7.73. The molecule has 6 N–H and O–H groups in total. The number of thiazole rings is 1. The van der Waals surface area contributed by atoms with Crippen molar-refractivity contribution in [1.82, 2.24) is 20.5 Å². The van der Waals surface area contributed by atoms with Crippen molar-refractivity contribution in [3.05, 3.63) is 110 Å². The van der Waals surface area contributed by atoms with Crippen molar-refractivity contribution in [3.63, 3.8) is 0 Å². The van der Waals surface area contributed by atoms with Gasteiger partial charge in [-0.3, -0.25) is 10.1 Å². The minimum Gasteiger partial charge on any atom is -0.370 e. The van der Waals surface area contributed by atoms with Crippen LogP contribution in [0.2, 0.25) is 0 Å². The third-order valence-corrected chi connectivity index (χ3v) is 10.3. The zero-order valence-electron chi connectivity index (χ0n) is 27.4. The molecule has 1 aliphatic heterocycles. The van der Waals surface area contributed by atoms with Crippen molar-refractivity contribution in [2.75, 3.05) is 38.5 Å². The molecule has 48 heavy (non-hydrogen) atoms. The van der Waals surface area contributed by atoms with E-state index in [0.29, 0.717) is 24.0 Å². The fourth-order valence-electron chi connectivity index (χ4n) is 6.17.